The molecule has 1 N–H and O–H groups in total. The molecule has 0 amide bonds. The van der Waals surface area contributed by atoms with Gasteiger partial charge in [-0.2, -0.15) is 0 Å². The highest BCUT2D eigenvalue weighted by molar-refractivity contribution is 9.10. The molecule has 0 fully saturated rings. The molecule has 0 saturated carbocycles. The smallest absolute Gasteiger partial charge is 0.142 e. The minimum absolute atomic E-state index is 0.181. The summed E-state index contributed by atoms with van der Waals surface area (Å²) in [5.41, 5.74) is 1.61. The van der Waals surface area contributed by atoms with Gasteiger partial charge >= 0.3 is 0 Å². The van der Waals surface area contributed by atoms with Crippen molar-refractivity contribution in [2.75, 3.05) is 6.54 Å². The number of benzene rings is 2. The Kier molecular flexibility index (Phi) is 4.97. The Hall–Kier alpha value is -0.900. The van der Waals surface area contributed by atoms with Crippen molar-refractivity contribution in [2.24, 2.45) is 0 Å². The average Bonchev–Trinajstić information content (AvgIpc) is 2.41. The summed E-state index contributed by atoms with van der Waals surface area (Å²) < 4.78 is 14.7. The fraction of sp³-hybridized carbons (Fsp3) is 0.200. The minimum atomic E-state index is -0.233. The van der Waals surface area contributed by atoms with Crippen LogP contribution in [0.5, 0.6) is 0 Å². The summed E-state index contributed by atoms with van der Waals surface area (Å²) in [6.07, 6.45) is 0. The lowest BCUT2D eigenvalue weighted by molar-refractivity contribution is 0.555. The van der Waals surface area contributed by atoms with Crippen molar-refractivity contribution in [1.82, 2.24) is 5.32 Å². The first-order valence-electron chi connectivity index (χ1n) is 6.06. The van der Waals surface area contributed by atoms with Crippen LogP contribution in [0.15, 0.2) is 46.9 Å². The van der Waals surface area contributed by atoms with E-state index in [1.54, 1.807) is 12.1 Å². The Labute approximate surface area is 125 Å². The second-order valence-corrected chi connectivity index (χ2v) is 5.48. The quantitative estimate of drug-likeness (QED) is 0.830. The van der Waals surface area contributed by atoms with Crippen LogP contribution in [0.25, 0.3) is 0 Å². The van der Waals surface area contributed by atoms with E-state index in [4.69, 9.17) is 11.6 Å². The molecule has 1 atom stereocenters. The average molecular weight is 343 g/mol. The molecule has 0 radical (unpaired) electrons. The van der Waals surface area contributed by atoms with Gasteiger partial charge in [0.2, 0.25) is 0 Å². The lowest BCUT2D eigenvalue weighted by Crippen LogP contribution is -2.23. The van der Waals surface area contributed by atoms with Crippen LogP contribution in [0.3, 0.4) is 0 Å². The van der Waals surface area contributed by atoms with Crippen molar-refractivity contribution in [1.29, 1.82) is 0 Å². The van der Waals surface area contributed by atoms with E-state index >= 15 is 0 Å². The molecule has 1 nitrogen and oxygen atoms in total. The maximum atomic E-state index is 14.2. The summed E-state index contributed by atoms with van der Waals surface area (Å²) in [4.78, 5) is 0. The van der Waals surface area contributed by atoms with Gasteiger partial charge in [0.1, 0.15) is 5.82 Å². The number of nitrogens with one attached hydrogen (secondary N) is 1. The summed E-state index contributed by atoms with van der Waals surface area (Å²) in [6.45, 7) is 2.75. The lowest BCUT2D eigenvalue weighted by atomic mass is 9.98. The predicted molar refractivity (Wildman–Crippen MR) is 81.1 cm³/mol. The fourth-order valence-corrected chi connectivity index (χ4v) is 2.52. The normalized spacial score (nSPS) is 12.4. The second-order valence-electron chi connectivity index (χ2n) is 4.19. The first kappa shape index (κ1) is 14.5. The summed E-state index contributed by atoms with van der Waals surface area (Å²) in [6, 6.07) is 12.6. The Morgan fingerprint density at radius 2 is 1.89 bits per heavy atom. The lowest BCUT2D eigenvalue weighted by Gasteiger charge is -2.20. The fourth-order valence-electron chi connectivity index (χ4n) is 2.01. The zero-order valence-electron chi connectivity index (χ0n) is 10.5. The molecule has 0 aliphatic rings. The minimum Gasteiger partial charge on any atom is -0.306 e. The van der Waals surface area contributed by atoms with Gasteiger partial charge in [-0.25, -0.2) is 4.39 Å². The molecule has 0 bridgehead atoms. The zero-order valence-corrected chi connectivity index (χ0v) is 12.8. The molecule has 100 valence electrons. The zero-order chi connectivity index (χ0) is 13.8. The first-order valence-corrected chi connectivity index (χ1v) is 7.23. The number of rotatable bonds is 4. The van der Waals surface area contributed by atoms with Gasteiger partial charge < -0.3 is 5.32 Å². The second kappa shape index (κ2) is 6.51. The maximum Gasteiger partial charge on any atom is 0.142 e. The van der Waals surface area contributed by atoms with Crippen molar-refractivity contribution in [3.8, 4) is 0 Å². The van der Waals surface area contributed by atoms with Crippen LogP contribution < -0.4 is 5.32 Å². The largest absolute Gasteiger partial charge is 0.306 e. The van der Waals surface area contributed by atoms with E-state index in [9.17, 15) is 4.39 Å². The summed E-state index contributed by atoms with van der Waals surface area (Å²) >= 11 is 9.12. The van der Waals surface area contributed by atoms with Gasteiger partial charge in [-0.1, -0.05) is 42.8 Å². The van der Waals surface area contributed by atoms with Crippen molar-refractivity contribution in [3.63, 3.8) is 0 Å². The SMILES string of the molecule is CCNC(c1ccc(Cl)cc1)c1cccc(Br)c1F. The molecule has 2 aromatic rings. The van der Waals surface area contributed by atoms with E-state index in [1.807, 2.05) is 37.3 Å². The molecule has 0 aliphatic carbocycles. The highest BCUT2D eigenvalue weighted by Gasteiger charge is 2.18. The van der Waals surface area contributed by atoms with Crippen LogP contribution in [0.1, 0.15) is 24.1 Å². The van der Waals surface area contributed by atoms with Gasteiger partial charge in [-0.3, -0.25) is 0 Å². The maximum absolute atomic E-state index is 14.2. The van der Waals surface area contributed by atoms with E-state index in [-0.39, 0.29) is 11.9 Å². The highest BCUT2D eigenvalue weighted by Crippen LogP contribution is 2.29. The predicted octanol–water partition coefficient (Wildman–Crippen LogP) is 4.94. The third-order valence-electron chi connectivity index (χ3n) is 2.90. The molecule has 0 aromatic heterocycles. The Morgan fingerprint density at radius 1 is 1.21 bits per heavy atom. The van der Waals surface area contributed by atoms with E-state index in [2.05, 4.69) is 21.2 Å². The molecule has 2 aromatic carbocycles. The summed E-state index contributed by atoms with van der Waals surface area (Å²) in [5.74, 6) is -0.233. The van der Waals surface area contributed by atoms with E-state index in [0.717, 1.165) is 12.1 Å². The van der Waals surface area contributed by atoms with Gasteiger partial charge in [0.15, 0.2) is 0 Å². The van der Waals surface area contributed by atoms with Gasteiger partial charge in [0.05, 0.1) is 10.5 Å². The number of hydrogen-bond donors (Lipinski definition) is 1. The van der Waals surface area contributed by atoms with E-state index in [0.29, 0.717) is 15.1 Å². The Morgan fingerprint density at radius 3 is 2.53 bits per heavy atom. The molecule has 0 spiro atoms. The summed E-state index contributed by atoms with van der Waals surface area (Å²) in [5, 5.41) is 3.97. The van der Waals surface area contributed by atoms with E-state index in [1.165, 1.54) is 0 Å². The molecule has 2 rings (SSSR count). The van der Waals surface area contributed by atoms with Crippen molar-refractivity contribution < 1.29 is 4.39 Å². The van der Waals surface area contributed by atoms with Gasteiger partial charge in [-0.15, -0.1) is 0 Å². The Bertz CT molecular complexity index is 557. The highest BCUT2D eigenvalue weighted by atomic mass is 79.9. The monoisotopic (exact) mass is 341 g/mol. The molecule has 4 heteroatoms. The van der Waals surface area contributed by atoms with Crippen molar-refractivity contribution in [3.05, 3.63) is 68.9 Å². The standard InChI is InChI=1S/C15H14BrClFN/c1-2-19-15(10-6-8-11(17)9-7-10)12-4-3-5-13(16)14(12)18/h3-9,15,19H,2H2,1H3. The van der Waals surface area contributed by atoms with Crippen LogP contribution in [-0.2, 0) is 0 Å². The van der Waals surface area contributed by atoms with Crippen LogP contribution >= 0.6 is 27.5 Å². The van der Waals surface area contributed by atoms with Gasteiger partial charge in [0.25, 0.3) is 0 Å². The molecular weight excluding hydrogens is 329 g/mol. The number of hydrogen-bond acceptors (Lipinski definition) is 1. The van der Waals surface area contributed by atoms with Crippen LogP contribution in [-0.4, -0.2) is 6.54 Å². The van der Waals surface area contributed by atoms with Crippen LogP contribution in [0.4, 0.5) is 4.39 Å². The number of halogens is 3. The Balaban J connectivity index is 2.45. The van der Waals surface area contributed by atoms with Gasteiger partial charge in [0, 0.05) is 10.6 Å². The third-order valence-corrected chi connectivity index (χ3v) is 3.77. The third kappa shape index (κ3) is 3.35. The van der Waals surface area contributed by atoms with Crippen LogP contribution in [0, 0.1) is 5.82 Å². The van der Waals surface area contributed by atoms with Gasteiger partial charge in [-0.05, 0) is 46.2 Å². The molecule has 19 heavy (non-hydrogen) atoms. The van der Waals surface area contributed by atoms with Crippen molar-refractivity contribution >= 4 is 27.5 Å². The molecule has 0 aliphatic heterocycles. The van der Waals surface area contributed by atoms with Crippen LogP contribution in [0.2, 0.25) is 5.02 Å². The topological polar surface area (TPSA) is 12.0 Å². The van der Waals surface area contributed by atoms with E-state index < -0.39 is 0 Å². The molecule has 0 heterocycles. The van der Waals surface area contributed by atoms with Crippen molar-refractivity contribution in [2.45, 2.75) is 13.0 Å². The molecule has 0 saturated heterocycles. The molecular formula is C15H14BrClFN. The first-order chi connectivity index (χ1) is 9.13. The molecule has 1 unspecified atom stereocenters. The summed E-state index contributed by atoms with van der Waals surface area (Å²) in [7, 11) is 0.